The van der Waals surface area contributed by atoms with E-state index >= 15 is 0 Å². The van der Waals surface area contributed by atoms with Crippen LogP contribution in [0.2, 0.25) is 0 Å². The van der Waals surface area contributed by atoms with E-state index in [1.54, 1.807) is 24.5 Å². The highest BCUT2D eigenvalue weighted by atomic mass is 16.3. The molecule has 0 aromatic carbocycles. The summed E-state index contributed by atoms with van der Waals surface area (Å²) in [7, 11) is 0. The zero-order valence-electron chi connectivity index (χ0n) is 11.4. The summed E-state index contributed by atoms with van der Waals surface area (Å²) in [6.07, 6.45) is 2.52. The van der Waals surface area contributed by atoms with Crippen LogP contribution in [0.4, 0.5) is 0 Å². The molecule has 0 aliphatic heterocycles. The number of hydrogen-bond acceptors (Lipinski definition) is 5. The molecule has 0 aliphatic rings. The van der Waals surface area contributed by atoms with Gasteiger partial charge in [-0.3, -0.25) is 0 Å². The molecule has 6 nitrogen and oxygen atoms in total. The number of β-amino-alcohol motifs (C(OH)–C–C–N with tert-alkyl or cyclic N) is 1. The third kappa shape index (κ3) is 3.84. The summed E-state index contributed by atoms with van der Waals surface area (Å²) in [5.41, 5.74) is 0.564. The van der Waals surface area contributed by atoms with E-state index in [0.717, 1.165) is 0 Å². The summed E-state index contributed by atoms with van der Waals surface area (Å²) in [6.45, 7) is 6.61. The Morgan fingerprint density at radius 1 is 1.26 bits per heavy atom. The van der Waals surface area contributed by atoms with Crippen LogP contribution < -0.4 is 5.32 Å². The van der Waals surface area contributed by atoms with Gasteiger partial charge in [-0.2, -0.15) is 10.2 Å². The maximum absolute atomic E-state index is 10.1. The Morgan fingerprint density at radius 3 is 2.58 bits per heavy atom. The minimum Gasteiger partial charge on any atom is -0.385 e. The Hall–Kier alpha value is -1.79. The largest absolute Gasteiger partial charge is 0.385 e. The molecular formula is C13H19N5O. The summed E-state index contributed by atoms with van der Waals surface area (Å²) in [5, 5.41) is 21.4. The van der Waals surface area contributed by atoms with Gasteiger partial charge in [0, 0.05) is 12.1 Å². The van der Waals surface area contributed by atoms with Crippen LogP contribution in [-0.2, 0) is 0 Å². The Bertz CT molecular complexity index is 518. The van der Waals surface area contributed by atoms with E-state index in [0.29, 0.717) is 18.1 Å². The molecule has 19 heavy (non-hydrogen) atoms. The highest BCUT2D eigenvalue weighted by Crippen LogP contribution is 2.12. The second kappa shape index (κ2) is 5.46. The first-order valence-corrected chi connectivity index (χ1v) is 6.22. The molecule has 1 atom stereocenters. The van der Waals surface area contributed by atoms with Crippen molar-refractivity contribution >= 4 is 0 Å². The normalized spacial score (nSPS) is 13.5. The minimum absolute atomic E-state index is 0.0396. The molecule has 0 amide bonds. The molecule has 0 spiro atoms. The molecule has 0 fully saturated rings. The number of hydrogen-bond donors (Lipinski definition) is 2. The van der Waals surface area contributed by atoms with Crippen molar-refractivity contribution in [1.29, 1.82) is 0 Å². The highest BCUT2D eigenvalue weighted by molar-refractivity contribution is 5.23. The van der Waals surface area contributed by atoms with E-state index in [1.807, 2.05) is 6.07 Å². The molecule has 102 valence electrons. The molecule has 2 rings (SSSR count). The number of aromatic nitrogens is 4. The standard InChI is InChI=1S/C13H19N5O/c1-13(2,3)14-9-11(19)10-5-4-6-12(17-10)18-15-7-8-16-18/h4-8,11,14,19H,9H2,1-3H3/t11-/m0/s1. The van der Waals surface area contributed by atoms with Crippen LogP contribution in [0.1, 0.15) is 32.6 Å². The number of aliphatic hydroxyl groups excluding tert-OH is 1. The maximum atomic E-state index is 10.1. The predicted molar refractivity (Wildman–Crippen MR) is 71.9 cm³/mol. The van der Waals surface area contributed by atoms with Crippen molar-refractivity contribution in [3.05, 3.63) is 36.3 Å². The zero-order chi connectivity index (χ0) is 13.9. The van der Waals surface area contributed by atoms with Crippen molar-refractivity contribution in [1.82, 2.24) is 25.3 Å². The second-order valence-electron chi connectivity index (χ2n) is 5.39. The van der Waals surface area contributed by atoms with Gasteiger partial charge >= 0.3 is 0 Å². The van der Waals surface area contributed by atoms with Crippen molar-refractivity contribution in [3.8, 4) is 5.82 Å². The van der Waals surface area contributed by atoms with Crippen LogP contribution in [0.5, 0.6) is 0 Å². The lowest BCUT2D eigenvalue weighted by Gasteiger charge is -2.22. The van der Waals surface area contributed by atoms with Crippen LogP contribution >= 0.6 is 0 Å². The number of nitrogens with one attached hydrogen (secondary N) is 1. The van der Waals surface area contributed by atoms with Gasteiger partial charge < -0.3 is 10.4 Å². The summed E-state index contributed by atoms with van der Waals surface area (Å²) in [4.78, 5) is 5.79. The summed E-state index contributed by atoms with van der Waals surface area (Å²) < 4.78 is 0. The third-order valence-electron chi connectivity index (χ3n) is 2.55. The monoisotopic (exact) mass is 261 g/mol. The Morgan fingerprint density at radius 2 is 1.95 bits per heavy atom. The lowest BCUT2D eigenvalue weighted by molar-refractivity contribution is 0.159. The van der Waals surface area contributed by atoms with Gasteiger partial charge in [0.1, 0.15) is 6.10 Å². The molecule has 6 heteroatoms. The van der Waals surface area contributed by atoms with E-state index in [1.165, 1.54) is 4.80 Å². The van der Waals surface area contributed by atoms with Crippen LogP contribution in [-0.4, -0.2) is 37.2 Å². The van der Waals surface area contributed by atoms with Gasteiger partial charge in [0.2, 0.25) is 0 Å². The van der Waals surface area contributed by atoms with Gasteiger partial charge in [-0.05, 0) is 32.9 Å². The first-order chi connectivity index (χ1) is 8.96. The van der Waals surface area contributed by atoms with Gasteiger partial charge in [0.05, 0.1) is 18.1 Å². The average Bonchev–Trinajstić information content (AvgIpc) is 2.89. The maximum Gasteiger partial charge on any atom is 0.174 e. The summed E-state index contributed by atoms with van der Waals surface area (Å²) >= 11 is 0. The van der Waals surface area contributed by atoms with Crippen LogP contribution in [0.3, 0.4) is 0 Å². The predicted octanol–water partition coefficient (Wildman–Crippen LogP) is 1.08. The molecular weight excluding hydrogens is 242 g/mol. The topological polar surface area (TPSA) is 75.9 Å². The molecule has 0 saturated heterocycles. The van der Waals surface area contributed by atoms with Gasteiger partial charge in [0.15, 0.2) is 5.82 Å². The van der Waals surface area contributed by atoms with E-state index in [4.69, 9.17) is 0 Å². The molecule has 2 heterocycles. The first-order valence-electron chi connectivity index (χ1n) is 6.22. The van der Waals surface area contributed by atoms with E-state index < -0.39 is 6.10 Å². The van der Waals surface area contributed by atoms with Crippen molar-refractivity contribution in [2.75, 3.05) is 6.54 Å². The third-order valence-corrected chi connectivity index (χ3v) is 2.55. The molecule has 0 unspecified atom stereocenters. The Kier molecular flexibility index (Phi) is 3.92. The number of nitrogens with zero attached hydrogens (tertiary/aromatic N) is 4. The lowest BCUT2D eigenvalue weighted by atomic mass is 10.1. The van der Waals surface area contributed by atoms with Crippen molar-refractivity contribution in [2.24, 2.45) is 0 Å². The number of rotatable bonds is 4. The molecule has 2 aromatic rings. The van der Waals surface area contributed by atoms with Gasteiger partial charge in [-0.15, -0.1) is 4.80 Å². The lowest BCUT2D eigenvalue weighted by Crippen LogP contribution is -2.38. The fourth-order valence-electron chi connectivity index (χ4n) is 1.58. The SMILES string of the molecule is CC(C)(C)NC[C@H](O)c1cccc(-n2nccn2)n1. The van der Waals surface area contributed by atoms with Crippen LogP contribution in [0, 0.1) is 0 Å². The first kappa shape index (κ1) is 13.6. The van der Waals surface area contributed by atoms with Gasteiger partial charge in [-0.25, -0.2) is 4.98 Å². The minimum atomic E-state index is -0.658. The van der Waals surface area contributed by atoms with Gasteiger partial charge in [-0.1, -0.05) is 6.07 Å². The molecule has 2 aromatic heterocycles. The fraction of sp³-hybridized carbons (Fsp3) is 0.462. The van der Waals surface area contributed by atoms with Crippen molar-refractivity contribution in [3.63, 3.8) is 0 Å². The summed E-state index contributed by atoms with van der Waals surface area (Å²) in [5.74, 6) is 0.595. The summed E-state index contributed by atoms with van der Waals surface area (Å²) in [6, 6.07) is 5.43. The Balaban J connectivity index is 2.10. The quantitative estimate of drug-likeness (QED) is 0.861. The molecule has 0 aliphatic carbocycles. The smallest absolute Gasteiger partial charge is 0.174 e. The average molecular weight is 261 g/mol. The Labute approximate surface area is 112 Å². The van der Waals surface area contributed by atoms with E-state index in [2.05, 4.69) is 41.3 Å². The number of aliphatic hydroxyl groups is 1. The molecule has 0 bridgehead atoms. The second-order valence-corrected chi connectivity index (χ2v) is 5.39. The molecule has 2 N–H and O–H groups in total. The fourth-order valence-corrected chi connectivity index (χ4v) is 1.58. The van der Waals surface area contributed by atoms with Crippen molar-refractivity contribution < 1.29 is 5.11 Å². The van der Waals surface area contributed by atoms with E-state index in [-0.39, 0.29) is 5.54 Å². The molecule has 0 radical (unpaired) electrons. The van der Waals surface area contributed by atoms with Crippen LogP contribution in [0.15, 0.2) is 30.6 Å². The van der Waals surface area contributed by atoms with Gasteiger partial charge in [0.25, 0.3) is 0 Å². The van der Waals surface area contributed by atoms with Crippen LogP contribution in [0.25, 0.3) is 5.82 Å². The number of pyridine rings is 1. The molecule has 0 saturated carbocycles. The van der Waals surface area contributed by atoms with E-state index in [9.17, 15) is 5.11 Å². The van der Waals surface area contributed by atoms with Crippen molar-refractivity contribution in [2.45, 2.75) is 32.4 Å². The zero-order valence-corrected chi connectivity index (χ0v) is 11.4. The highest BCUT2D eigenvalue weighted by Gasteiger charge is 2.15.